The zero-order chi connectivity index (χ0) is 17.9. The fourth-order valence-electron chi connectivity index (χ4n) is 3.94. The van der Waals surface area contributed by atoms with E-state index in [1.165, 1.54) is 24.1 Å². The van der Waals surface area contributed by atoms with Crippen molar-refractivity contribution in [1.82, 2.24) is 19.4 Å². The highest BCUT2D eigenvalue weighted by Gasteiger charge is 2.30. The number of nitrogens with zero attached hydrogens (tertiary/aromatic N) is 4. The highest BCUT2D eigenvalue weighted by Crippen LogP contribution is 2.36. The van der Waals surface area contributed by atoms with Crippen molar-refractivity contribution in [3.8, 4) is 0 Å². The van der Waals surface area contributed by atoms with Gasteiger partial charge < -0.3 is 9.47 Å². The Hall–Kier alpha value is -2.14. The molecule has 1 saturated heterocycles. The third kappa shape index (κ3) is 3.83. The van der Waals surface area contributed by atoms with E-state index >= 15 is 0 Å². The number of carbonyl (C=O) groups excluding carboxylic acids is 1. The highest BCUT2D eigenvalue weighted by molar-refractivity contribution is 5.77. The summed E-state index contributed by atoms with van der Waals surface area (Å²) in [4.78, 5) is 21.7. The largest absolute Gasteiger partial charge is 0.334 e. The van der Waals surface area contributed by atoms with Crippen molar-refractivity contribution in [3.63, 3.8) is 0 Å². The molecule has 2 heterocycles. The van der Waals surface area contributed by atoms with Crippen LogP contribution in [0.3, 0.4) is 0 Å². The summed E-state index contributed by atoms with van der Waals surface area (Å²) < 4.78 is 2.33. The molecule has 1 aliphatic heterocycles. The molecule has 0 radical (unpaired) electrons. The van der Waals surface area contributed by atoms with E-state index in [2.05, 4.69) is 38.4 Å². The number of amides is 1. The Morgan fingerprint density at radius 2 is 1.96 bits per heavy atom. The van der Waals surface area contributed by atoms with Gasteiger partial charge in [0.25, 0.3) is 0 Å². The van der Waals surface area contributed by atoms with Crippen molar-refractivity contribution in [2.75, 3.05) is 13.1 Å². The Morgan fingerprint density at radius 1 is 1.15 bits per heavy atom. The van der Waals surface area contributed by atoms with Gasteiger partial charge in [0, 0.05) is 50.9 Å². The summed E-state index contributed by atoms with van der Waals surface area (Å²) in [5, 5.41) is 0. The maximum absolute atomic E-state index is 12.8. The zero-order valence-electron chi connectivity index (χ0n) is 15.6. The number of hydrogen-bond donors (Lipinski definition) is 0. The van der Waals surface area contributed by atoms with Gasteiger partial charge in [0.1, 0.15) is 0 Å². The molecule has 0 N–H and O–H groups in total. The van der Waals surface area contributed by atoms with Crippen LogP contribution < -0.4 is 0 Å². The topological polar surface area (TPSA) is 41.4 Å². The van der Waals surface area contributed by atoms with Gasteiger partial charge in [0.2, 0.25) is 5.91 Å². The molecule has 1 aromatic heterocycles. The normalized spacial score (nSPS) is 21.8. The first-order valence-corrected chi connectivity index (χ1v) is 9.81. The molecule has 1 aromatic carbocycles. The van der Waals surface area contributed by atoms with Crippen LogP contribution in [0, 0.1) is 0 Å². The fourth-order valence-corrected chi connectivity index (χ4v) is 3.94. The Kier molecular flexibility index (Phi) is 5.07. The first-order valence-electron chi connectivity index (χ1n) is 9.81. The van der Waals surface area contributed by atoms with E-state index in [0.717, 1.165) is 26.1 Å². The molecule has 1 aliphatic carbocycles. The minimum Gasteiger partial charge on any atom is -0.334 e. The van der Waals surface area contributed by atoms with Gasteiger partial charge in [-0.05, 0) is 24.8 Å². The van der Waals surface area contributed by atoms with Crippen molar-refractivity contribution >= 4 is 5.91 Å². The molecule has 2 aliphatic rings. The average molecular weight is 352 g/mol. The fraction of sp³-hybridized carbons (Fsp3) is 0.524. The van der Waals surface area contributed by atoms with Crippen molar-refractivity contribution < 1.29 is 4.79 Å². The molecule has 1 atom stereocenters. The third-order valence-electron chi connectivity index (χ3n) is 5.61. The van der Waals surface area contributed by atoms with Crippen LogP contribution in [0.25, 0.3) is 0 Å². The molecule has 138 valence electrons. The lowest BCUT2D eigenvalue weighted by Gasteiger charge is -2.31. The van der Waals surface area contributed by atoms with E-state index in [1.807, 2.05) is 30.7 Å². The van der Waals surface area contributed by atoms with E-state index in [4.69, 9.17) is 0 Å². The van der Waals surface area contributed by atoms with Gasteiger partial charge in [-0.1, -0.05) is 37.3 Å². The molecule has 1 saturated carbocycles. The number of imidazole rings is 1. The van der Waals surface area contributed by atoms with Gasteiger partial charge in [-0.25, -0.2) is 4.98 Å². The number of carbonyl (C=O) groups is 1. The molecule has 26 heavy (non-hydrogen) atoms. The van der Waals surface area contributed by atoms with Crippen LogP contribution in [0.5, 0.6) is 0 Å². The molecular formula is C21H28N4O. The lowest BCUT2D eigenvalue weighted by atomic mass is 10.1. The number of benzene rings is 1. The lowest BCUT2D eigenvalue weighted by molar-refractivity contribution is -0.133. The third-order valence-corrected chi connectivity index (χ3v) is 5.61. The minimum absolute atomic E-state index is 0.266. The Balaban J connectivity index is 1.46. The maximum atomic E-state index is 12.8. The molecule has 5 heteroatoms. The Labute approximate surface area is 155 Å². The lowest BCUT2D eigenvalue weighted by Crippen LogP contribution is -2.42. The summed E-state index contributed by atoms with van der Waals surface area (Å²) in [5.74, 6) is 0.277. The first kappa shape index (κ1) is 17.3. The van der Waals surface area contributed by atoms with Gasteiger partial charge in [0.05, 0.1) is 12.0 Å². The Bertz CT molecular complexity index is 737. The summed E-state index contributed by atoms with van der Waals surface area (Å²) in [7, 11) is 0. The SMILES string of the molecule is CC[C@@H]1CN(Cc2cncn2C2CC2)CCC(=O)N1Cc1ccccc1. The Morgan fingerprint density at radius 3 is 2.69 bits per heavy atom. The molecule has 1 amide bonds. The molecule has 0 spiro atoms. The van der Waals surface area contributed by atoms with E-state index in [9.17, 15) is 4.79 Å². The quantitative estimate of drug-likeness (QED) is 0.801. The van der Waals surface area contributed by atoms with Crippen molar-refractivity contribution in [3.05, 3.63) is 54.1 Å². The molecular weight excluding hydrogens is 324 g/mol. The van der Waals surface area contributed by atoms with Gasteiger partial charge in [-0.15, -0.1) is 0 Å². The van der Waals surface area contributed by atoms with E-state index < -0.39 is 0 Å². The van der Waals surface area contributed by atoms with Crippen LogP contribution in [0.4, 0.5) is 0 Å². The van der Waals surface area contributed by atoms with Crippen LogP contribution in [-0.2, 0) is 17.9 Å². The van der Waals surface area contributed by atoms with Crippen LogP contribution in [0.1, 0.15) is 49.9 Å². The number of hydrogen-bond acceptors (Lipinski definition) is 3. The molecule has 5 nitrogen and oxygen atoms in total. The molecule has 2 fully saturated rings. The molecule has 2 aromatic rings. The highest BCUT2D eigenvalue weighted by atomic mass is 16.2. The number of rotatable bonds is 6. The van der Waals surface area contributed by atoms with Crippen molar-refractivity contribution in [2.24, 2.45) is 0 Å². The molecule has 4 rings (SSSR count). The van der Waals surface area contributed by atoms with Crippen LogP contribution in [-0.4, -0.2) is 44.4 Å². The van der Waals surface area contributed by atoms with E-state index in [0.29, 0.717) is 19.0 Å². The summed E-state index contributed by atoms with van der Waals surface area (Å²) in [6.45, 7) is 5.56. The number of aromatic nitrogens is 2. The molecule has 0 bridgehead atoms. The van der Waals surface area contributed by atoms with Crippen LogP contribution >= 0.6 is 0 Å². The van der Waals surface area contributed by atoms with Gasteiger partial charge in [0.15, 0.2) is 0 Å². The second-order valence-corrected chi connectivity index (χ2v) is 7.58. The zero-order valence-corrected chi connectivity index (χ0v) is 15.6. The van der Waals surface area contributed by atoms with Crippen molar-refractivity contribution in [1.29, 1.82) is 0 Å². The second kappa shape index (κ2) is 7.62. The van der Waals surface area contributed by atoms with Gasteiger partial charge in [-0.3, -0.25) is 9.69 Å². The van der Waals surface area contributed by atoms with Crippen LogP contribution in [0.15, 0.2) is 42.9 Å². The summed E-state index contributed by atoms with van der Waals surface area (Å²) in [5.41, 5.74) is 2.49. The summed E-state index contributed by atoms with van der Waals surface area (Å²) >= 11 is 0. The standard InChI is InChI=1S/C21H28N4O/c1-2-18-14-23(15-20-12-22-16-25(20)19-8-9-19)11-10-21(26)24(18)13-17-6-4-3-5-7-17/h3-7,12,16,18-19H,2,8-11,13-15H2,1H3/t18-/m1/s1. The summed E-state index contributed by atoms with van der Waals surface area (Å²) in [6.07, 6.45) is 8.08. The smallest absolute Gasteiger partial charge is 0.224 e. The monoisotopic (exact) mass is 352 g/mol. The second-order valence-electron chi connectivity index (χ2n) is 7.58. The van der Waals surface area contributed by atoms with Crippen LogP contribution in [0.2, 0.25) is 0 Å². The summed E-state index contributed by atoms with van der Waals surface area (Å²) in [6, 6.07) is 11.2. The van der Waals surface area contributed by atoms with E-state index in [-0.39, 0.29) is 11.9 Å². The van der Waals surface area contributed by atoms with Gasteiger partial charge >= 0.3 is 0 Å². The first-order chi connectivity index (χ1) is 12.7. The van der Waals surface area contributed by atoms with Crippen molar-refractivity contribution in [2.45, 2.75) is 57.8 Å². The van der Waals surface area contributed by atoms with Gasteiger partial charge in [-0.2, -0.15) is 0 Å². The predicted octanol–water partition coefficient (Wildman–Crippen LogP) is 3.23. The predicted molar refractivity (Wildman–Crippen MR) is 101 cm³/mol. The van der Waals surface area contributed by atoms with E-state index in [1.54, 1.807) is 0 Å². The molecule has 0 unspecified atom stereocenters. The average Bonchev–Trinajstić information content (AvgIpc) is 3.43. The minimum atomic E-state index is 0.266. The maximum Gasteiger partial charge on any atom is 0.224 e.